The molecule has 1 aromatic carbocycles. The Morgan fingerprint density at radius 3 is 2.87 bits per heavy atom. The molecule has 0 saturated heterocycles. The Balaban J connectivity index is 1.47. The number of amides is 1. The molecule has 3 rings (SSSR count). The molecule has 2 heterocycles. The van der Waals surface area contributed by atoms with Crippen LogP contribution in [0, 0.1) is 0 Å². The van der Waals surface area contributed by atoms with Gasteiger partial charge in [0.05, 0.1) is 11.3 Å². The summed E-state index contributed by atoms with van der Waals surface area (Å²) in [5.41, 5.74) is 1.79. The third kappa shape index (κ3) is 4.50. The maximum atomic E-state index is 12.1. The third-order valence-electron chi connectivity index (χ3n) is 3.47. The van der Waals surface area contributed by atoms with E-state index in [0.717, 1.165) is 17.8 Å². The number of benzene rings is 1. The van der Waals surface area contributed by atoms with Gasteiger partial charge in [0.1, 0.15) is 5.69 Å². The molecule has 0 aliphatic carbocycles. The zero-order valence-corrected chi connectivity index (χ0v) is 13.5. The monoisotopic (exact) mass is 326 g/mol. The smallest absolute Gasteiger partial charge is 0.270 e. The molecule has 2 aromatic heterocycles. The Bertz CT molecular complexity index is 737. The van der Waals surface area contributed by atoms with Gasteiger partial charge in [-0.3, -0.25) is 4.79 Å². The predicted molar refractivity (Wildman–Crippen MR) is 90.5 cm³/mol. The molecular weight excluding hydrogens is 308 g/mol. The van der Waals surface area contributed by atoms with Crippen molar-refractivity contribution in [3.05, 3.63) is 70.7 Å². The molecule has 0 saturated carbocycles. The normalized spacial score (nSPS) is 10.6. The van der Waals surface area contributed by atoms with Crippen molar-refractivity contribution in [1.29, 1.82) is 0 Å². The number of hydrogen-bond donors (Lipinski definition) is 1. The number of aromatic nitrogens is 3. The van der Waals surface area contributed by atoms with Crippen LogP contribution in [-0.4, -0.2) is 27.0 Å². The summed E-state index contributed by atoms with van der Waals surface area (Å²) in [6.45, 7) is 1.27. The summed E-state index contributed by atoms with van der Waals surface area (Å²) in [6, 6.07) is 10.3. The van der Waals surface area contributed by atoms with Crippen molar-refractivity contribution in [3.8, 4) is 0 Å². The second kappa shape index (κ2) is 7.69. The van der Waals surface area contributed by atoms with Gasteiger partial charge in [-0.15, -0.1) is 11.3 Å². The van der Waals surface area contributed by atoms with Crippen molar-refractivity contribution < 1.29 is 4.79 Å². The first-order valence-corrected chi connectivity index (χ1v) is 8.41. The van der Waals surface area contributed by atoms with Crippen molar-refractivity contribution in [2.75, 3.05) is 6.54 Å². The minimum absolute atomic E-state index is 0.118. The SMILES string of the molecule is O=C(NCCn1ccnc1)c1csc(CCc2ccccc2)n1. The molecule has 0 aliphatic rings. The number of carbonyl (C=O) groups excluding carboxylic acids is 1. The van der Waals surface area contributed by atoms with Crippen LogP contribution in [0.25, 0.3) is 0 Å². The molecule has 0 atom stereocenters. The van der Waals surface area contributed by atoms with Crippen LogP contribution >= 0.6 is 11.3 Å². The van der Waals surface area contributed by atoms with Gasteiger partial charge >= 0.3 is 0 Å². The lowest BCUT2D eigenvalue weighted by Gasteiger charge is -2.03. The molecule has 3 aromatic rings. The fraction of sp³-hybridized carbons (Fsp3) is 0.235. The van der Waals surface area contributed by atoms with Crippen LogP contribution in [0.5, 0.6) is 0 Å². The van der Waals surface area contributed by atoms with Crippen LogP contribution in [0.3, 0.4) is 0 Å². The predicted octanol–water partition coefficient (Wildman–Crippen LogP) is 2.55. The van der Waals surface area contributed by atoms with E-state index in [2.05, 4.69) is 27.4 Å². The minimum Gasteiger partial charge on any atom is -0.349 e. The summed E-state index contributed by atoms with van der Waals surface area (Å²) in [6.07, 6.45) is 7.13. The Morgan fingerprint density at radius 1 is 1.22 bits per heavy atom. The lowest BCUT2D eigenvalue weighted by atomic mass is 10.1. The Morgan fingerprint density at radius 2 is 2.09 bits per heavy atom. The molecular formula is C17H18N4OS. The molecule has 0 spiro atoms. The van der Waals surface area contributed by atoms with Crippen molar-refractivity contribution in [3.63, 3.8) is 0 Å². The van der Waals surface area contributed by atoms with Gasteiger partial charge in [-0.25, -0.2) is 9.97 Å². The zero-order chi connectivity index (χ0) is 15.9. The van der Waals surface area contributed by atoms with E-state index < -0.39 is 0 Å². The number of imidazole rings is 1. The molecule has 0 bridgehead atoms. The first-order chi connectivity index (χ1) is 11.3. The maximum absolute atomic E-state index is 12.1. The number of rotatable bonds is 7. The van der Waals surface area contributed by atoms with Crippen molar-refractivity contribution >= 4 is 17.2 Å². The molecule has 0 fully saturated rings. The number of hydrogen-bond acceptors (Lipinski definition) is 4. The molecule has 6 heteroatoms. The van der Waals surface area contributed by atoms with E-state index in [0.29, 0.717) is 18.8 Å². The van der Waals surface area contributed by atoms with Crippen LogP contribution in [0.15, 0.2) is 54.4 Å². The highest BCUT2D eigenvalue weighted by Gasteiger charge is 2.10. The summed E-state index contributed by atoms with van der Waals surface area (Å²) in [5.74, 6) is -0.118. The summed E-state index contributed by atoms with van der Waals surface area (Å²) < 4.78 is 1.92. The molecule has 1 N–H and O–H groups in total. The van der Waals surface area contributed by atoms with E-state index in [4.69, 9.17) is 0 Å². The molecule has 1 amide bonds. The lowest BCUT2D eigenvalue weighted by molar-refractivity contribution is 0.0948. The van der Waals surface area contributed by atoms with Gasteiger partial charge in [0.25, 0.3) is 5.91 Å². The van der Waals surface area contributed by atoms with E-state index in [-0.39, 0.29) is 5.91 Å². The highest BCUT2D eigenvalue weighted by atomic mass is 32.1. The quantitative estimate of drug-likeness (QED) is 0.726. The first kappa shape index (κ1) is 15.4. The molecule has 23 heavy (non-hydrogen) atoms. The fourth-order valence-corrected chi connectivity index (χ4v) is 3.01. The topological polar surface area (TPSA) is 59.8 Å². The van der Waals surface area contributed by atoms with Gasteiger partial charge in [-0.1, -0.05) is 30.3 Å². The Hall–Kier alpha value is -2.47. The molecule has 0 radical (unpaired) electrons. The Kier molecular flexibility index (Phi) is 5.16. The van der Waals surface area contributed by atoms with E-state index in [9.17, 15) is 4.79 Å². The van der Waals surface area contributed by atoms with Crippen molar-refractivity contribution in [2.24, 2.45) is 0 Å². The number of carbonyl (C=O) groups is 1. The average molecular weight is 326 g/mol. The van der Waals surface area contributed by atoms with Crippen LogP contribution in [0.2, 0.25) is 0 Å². The molecule has 5 nitrogen and oxygen atoms in total. The van der Waals surface area contributed by atoms with Gasteiger partial charge in [0.2, 0.25) is 0 Å². The number of nitrogens with zero attached hydrogens (tertiary/aromatic N) is 3. The highest BCUT2D eigenvalue weighted by molar-refractivity contribution is 7.09. The largest absolute Gasteiger partial charge is 0.349 e. The number of aryl methyl sites for hydroxylation is 2. The third-order valence-corrected chi connectivity index (χ3v) is 4.38. The van der Waals surface area contributed by atoms with E-state index in [1.807, 2.05) is 34.3 Å². The van der Waals surface area contributed by atoms with Crippen LogP contribution < -0.4 is 5.32 Å². The van der Waals surface area contributed by atoms with E-state index in [1.54, 1.807) is 23.9 Å². The summed E-state index contributed by atoms with van der Waals surface area (Å²) >= 11 is 1.54. The molecule has 0 aliphatic heterocycles. The molecule has 0 unspecified atom stereocenters. The number of thiazole rings is 1. The van der Waals surface area contributed by atoms with Gasteiger partial charge in [0.15, 0.2) is 0 Å². The second-order valence-corrected chi connectivity index (χ2v) is 6.11. The maximum Gasteiger partial charge on any atom is 0.270 e. The van der Waals surface area contributed by atoms with E-state index in [1.165, 1.54) is 5.56 Å². The van der Waals surface area contributed by atoms with Crippen LogP contribution in [-0.2, 0) is 19.4 Å². The zero-order valence-electron chi connectivity index (χ0n) is 12.7. The van der Waals surface area contributed by atoms with Crippen molar-refractivity contribution in [1.82, 2.24) is 19.9 Å². The van der Waals surface area contributed by atoms with Gasteiger partial charge in [-0.2, -0.15) is 0 Å². The summed E-state index contributed by atoms with van der Waals surface area (Å²) in [4.78, 5) is 20.5. The fourth-order valence-electron chi connectivity index (χ4n) is 2.23. The van der Waals surface area contributed by atoms with E-state index >= 15 is 0 Å². The standard InChI is InChI=1S/C17H18N4OS/c22-17(19-9-11-21-10-8-18-13-21)15-12-23-16(20-15)7-6-14-4-2-1-3-5-14/h1-5,8,10,12-13H,6-7,9,11H2,(H,19,22). The van der Waals surface area contributed by atoms with Gasteiger partial charge < -0.3 is 9.88 Å². The second-order valence-electron chi connectivity index (χ2n) is 5.17. The molecule has 118 valence electrons. The first-order valence-electron chi connectivity index (χ1n) is 7.53. The summed E-state index contributed by atoms with van der Waals surface area (Å²) in [5, 5.41) is 5.70. The van der Waals surface area contributed by atoms with Crippen molar-refractivity contribution in [2.45, 2.75) is 19.4 Å². The number of nitrogens with one attached hydrogen (secondary N) is 1. The Labute approximate surface area is 139 Å². The van der Waals surface area contributed by atoms with Gasteiger partial charge in [0, 0.05) is 37.3 Å². The minimum atomic E-state index is -0.118. The van der Waals surface area contributed by atoms with Gasteiger partial charge in [-0.05, 0) is 12.0 Å². The van der Waals surface area contributed by atoms with Crippen LogP contribution in [0.4, 0.5) is 0 Å². The lowest BCUT2D eigenvalue weighted by Crippen LogP contribution is -2.27. The highest BCUT2D eigenvalue weighted by Crippen LogP contribution is 2.13. The van der Waals surface area contributed by atoms with Crippen LogP contribution in [0.1, 0.15) is 21.1 Å². The average Bonchev–Trinajstić information content (AvgIpc) is 3.25. The summed E-state index contributed by atoms with van der Waals surface area (Å²) in [7, 11) is 0.